The number of carbonyl (C=O) groups is 1. The van der Waals surface area contributed by atoms with Crippen molar-refractivity contribution in [1.82, 2.24) is 5.32 Å². The molecule has 19 heteroatoms. The molecule has 12 N–H and O–H groups in total. The third kappa shape index (κ3) is 40.2. The fourth-order valence-corrected chi connectivity index (χ4v) is 13.8. The van der Waals surface area contributed by atoms with E-state index in [9.17, 15) is 61.0 Å². The molecule has 0 radical (unpaired) electrons. The van der Waals surface area contributed by atoms with Crippen LogP contribution in [0.15, 0.2) is 24.3 Å². The maximum atomic E-state index is 13.5. The predicted molar refractivity (Wildman–Crippen MR) is 383 cm³/mol. The number of rotatable bonds is 64. The van der Waals surface area contributed by atoms with Crippen LogP contribution in [0.3, 0.4) is 0 Å². The van der Waals surface area contributed by atoms with E-state index in [1.54, 1.807) is 0 Å². The Morgan fingerprint density at radius 3 is 1.07 bits per heavy atom. The van der Waals surface area contributed by atoms with E-state index >= 15 is 0 Å². The van der Waals surface area contributed by atoms with Gasteiger partial charge in [0.15, 0.2) is 18.9 Å². The van der Waals surface area contributed by atoms with Crippen LogP contribution in [0.1, 0.15) is 335 Å². The summed E-state index contributed by atoms with van der Waals surface area (Å²) >= 11 is 0. The number of aliphatic hydroxyl groups is 11. The molecule has 0 aromatic carbocycles. The van der Waals surface area contributed by atoms with Crippen molar-refractivity contribution in [2.24, 2.45) is 0 Å². The van der Waals surface area contributed by atoms with Crippen LogP contribution in [0.4, 0.5) is 0 Å². The van der Waals surface area contributed by atoms with E-state index in [-0.39, 0.29) is 18.9 Å². The Hall–Kier alpha value is -1.73. The second-order valence-electron chi connectivity index (χ2n) is 28.9. The molecule has 0 saturated carbocycles. The molecule has 3 aliphatic heterocycles. The van der Waals surface area contributed by atoms with Gasteiger partial charge in [0.25, 0.3) is 0 Å². The van der Waals surface area contributed by atoms with Crippen LogP contribution in [0, 0.1) is 0 Å². The number of amides is 1. The van der Waals surface area contributed by atoms with Gasteiger partial charge in [-0.1, -0.05) is 308 Å². The molecule has 3 heterocycles. The summed E-state index contributed by atoms with van der Waals surface area (Å²) in [6.45, 7) is 1.82. The van der Waals surface area contributed by atoms with E-state index in [1.165, 1.54) is 244 Å². The molecule has 0 bridgehead atoms. The highest BCUT2D eigenvalue weighted by Crippen LogP contribution is 2.33. The van der Waals surface area contributed by atoms with Crippen molar-refractivity contribution in [3.63, 3.8) is 0 Å². The molecule has 0 aromatic heterocycles. The number of unbranched alkanes of at least 4 members (excludes halogenated alkanes) is 44. The Morgan fingerprint density at radius 1 is 0.371 bits per heavy atom. The summed E-state index contributed by atoms with van der Waals surface area (Å²) in [5.41, 5.74) is 0. The van der Waals surface area contributed by atoms with Crippen LogP contribution in [0.5, 0.6) is 0 Å². The van der Waals surface area contributed by atoms with Crippen molar-refractivity contribution in [3.8, 4) is 0 Å². The smallest absolute Gasteiger partial charge is 0.220 e. The van der Waals surface area contributed by atoms with Gasteiger partial charge in [0.05, 0.1) is 38.6 Å². The van der Waals surface area contributed by atoms with E-state index in [0.717, 1.165) is 57.8 Å². The Bertz CT molecular complexity index is 1850. The molecule has 97 heavy (non-hydrogen) atoms. The molecule has 3 fully saturated rings. The molecule has 17 atom stereocenters. The standard InChI is InChI=1S/C78H147NO18/c1-3-5-7-9-11-13-15-17-19-21-23-24-25-26-27-28-29-30-31-32-33-34-35-36-38-39-41-43-45-47-49-51-53-55-62(83)61(79-66(84)56-54-52-50-48-46-44-42-40-37-22-20-18-16-14-12-10-8-6-4-2)60-92-76-72(90)69(87)74(64(58-81)94-76)97-78-73(91)70(88)75(65(59-82)95-78)96-77-71(89)68(86)67(85)63(57-80)93-77/h12,14,18,20,61-65,67-78,80-83,85-91H,3-11,13,15-17,19,21-60H2,1-2H3,(H,79,84)/b14-12-,20-18-. The van der Waals surface area contributed by atoms with Crippen LogP contribution in [0.25, 0.3) is 0 Å². The van der Waals surface area contributed by atoms with Crippen molar-refractivity contribution in [3.05, 3.63) is 24.3 Å². The number of nitrogens with one attached hydrogen (secondary N) is 1. The zero-order valence-electron chi connectivity index (χ0n) is 61.1. The lowest BCUT2D eigenvalue weighted by Crippen LogP contribution is -2.66. The minimum Gasteiger partial charge on any atom is -0.394 e. The molecule has 3 saturated heterocycles. The number of ether oxygens (including phenoxy) is 6. The molecule has 19 nitrogen and oxygen atoms in total. The highest BCUT2D eigenvalue weighted by molar-refractivity contribution is 5.76. The number of aliphatic hydroxyl groups excluding tert-OH is 11. The van der Waals surface area contributed by atoms with Gasteiger partial charge in [-0.15, -0.1) is 0 Å². The van der Waals surface area contributed by atoms with Crippen LogP contribution < -0.4 is 5.32 Å². The Morgan fingerprint density at radius 2 is 0.680 bits per heavy atom. The molecule has 0 aromatic rings. The van der Waals surface area contributed by atoms with Gasteiger partial charge in [0.2, 0.25) is 5.91 Å². The number of hydrogen-bond donors (Lipinski definition) is 12. The van der Waals surface area contributed by atoms with Crippen molar-refractivity contribution in [2.75, 3.05) is 26.4 Å². The molecule has 17 unspecified atom stereocenters. The van der Waals surface area contributed by atoms with Gasteiger partial charge < -0.3 is 89.9 Å². The first-order valence-corrected chi connectivity index (χ1v) is 40.1. The monoisotopic (exact) mass is 1390 g/mol. The summed E-state index contributed by atoms with van der Waals surface area (Å²) in [5, 5.41) is 121. The SMILES string of the molecule is CCCCC/C=C\C/C=C\CCCCCCCCCCCC(=O)NC(COC1OC(CO)C(OC2OC(CO)C(OC3OC(CO)C(O)C(O)C3O)C(O)C2O)C(O)C1O)C(O)CCCCCCCCCCCCCCCCCCCCCCCCCCCCCCCCCCC. The zero-order valence-corrected chi connectivity index (χ0v) is 61.1. The van der Waals surface area contributed by atoms with Crippen LogP contribution >= 0.6 is 0 Å². The summed E-state index contributed by atoms with van der Waals surface area (Å²) in [4.78, 5) is 13.5. The zero-order chi connectivity index (χ0) is 70.4. The molecular weight excluding hydrogens is 1240 g/mol. The topological polar surface area (TPSA) is 307 Å². The van der Waals surface area contributed by atoms with E-state index in [1.807, 2.05) is 0 Å². The van der Waals surface area contributed by atoms with Crippen molar-refractivity contribution >= 4 is 5.91 Å². The molecule has 3 rings (SSSR count). The van der Waals surface area contributed by atoms with Gasteiger partial charge in [0, 0.05) is 6.42 Å². The third-order valence-corrected chi connectivity index (χ3v) is 20.3. The van der Waals surface area contributed by atoms with Gasteiger partial charge in [-0.25, -0.2) is 0 Å². The summed E-state index contributed by atoms with van der Waals surface area (Å²) in [6, 6.07) is -0.890. The van der Waals surface area contributed by atoms with Gasteiger partial charge >= 0.3 is 0 Å². The van der Waals surface area contributed by atoms with Gasteiger partial charge in [-0.3, -0.25) is 4.79 Å². The first kappa shape index (κ1) is 89.5. The van der Waals surface area contributed by atoms with Crippen molar-refractivity contribution in [2.45, 2.75) is 439 Å². The second kappa shape index (κ2) is 59.6. The fourth-order valence-electron chi connectivity index (χ4n) is 13.8. The first-order valence-electron chi connectivity index (χ1n) is 40.1. The first-order chi connectivity index (χ1) is 47.3. The van der Waals surface area contributed by atoms with E-state index in [0.29, 0.717) is 12.8 Å². The van der Waals surface area contributed by atoms with Gasteiger partial charge in [-0.2, -0.15) is 0 Å². The van der Waals surface area contributed by atoms with E-state index in [4.69, 9.17) is 28.4 Å². The largest absolute Gasteiger partial charge is 0.394 e. The predicted octanol–water partition coefficient (Wildman–Crippen LogP) is 13.0. The Labute approximate surface area is 588 Å². The molecule has 0 aliphatic carbocycles. The average molecular weight is 1390 g/mol. The highest BCUT2D eigenvalue weighted by atomic mass is 16.8. The maximum absolute atomic E-state index is 13.5. The van der Waals surface area contributed by atoms with Crippen LogP contribution in [-0.2, 0) is 33.2 Å². The lowest BCUT2D eigenvalue weighted by atomic mass is 9.96. The molecular formula is C78H147NO18. The third-order valence-electron chi connectivity index (χ3n) is 20.3. The quantitative estimate of drug-likeness (QED) is 0.0199. The fraction of sp³-hybridized carbons (Fsp3) is 0.936. The van der Waals surface area contributed by atoms with E-state index < -0.39 is 124 Å². The average Bonchev–Trinajstić information content (AvgIpc) is 0.795. The highest BCUT2D eigenvalue weighted by Gasteiger charge is 2.54. The van der Waals surface area contributed by atoms with Gasteiger partial charge in [0.1, 0.15) is 73.2 Å². The number of allylic oxidation sites excluding steroid dienone is 4. The van der Waals surface area contributed by atoms with Crippen molar-refractivity contribution < 1.29 is 89.4 Å². The minimum atomic E-state index is -1.97. The summed E-state index contributed by atoms with van der Waals surface area (Å²) < 4.78 is 34.5. The Kier molecular flexibility index (Phi) is 55.0. The Balaban J connectivity index is 1.35. The molecule has 3 aliphatic rings. The van der Waals surface area contributed by atoms with Crippen LogP contribution in [0.2, 0.25) is 0 Å². The second-order valence-corrected chi connectivity index (χ2v) is 28.9. The molecule has 1 amide bonds. The van der Waals surface area contributed by atoms with Gasteiger partial charge in [-0.05, 0) is 44.9 Å². The number of carbonyl (C=O) groups excluding carboxylic acids is 1. The lowest BCUT2D eigenvalue weighted by molar-refractivity contribution is -0.379. The molecule has 0 spiro atoms. The summed E-state index contributed by atoms with van der Waals surface area (Å²) in [6.07, 6.45) is 44.2. The minimum absolute atomic E-state index is 0.243. The number of hydrogen-bond acceptors (Lipinski definition) is 18. The summed E-state index contributed by atoms with van der Waals surface area (Å²) in [7, 11) is 0. The lowest BCUT2D eigenvalue weighted by Gasteiger charge is -2.48. The normalized spacial score (nSPS) is 27.0. The van der Waals surface area contributed by atoms with Crippen molar-refractivity contribution in [1.29, 1.82) is 0 Å². The van der Waals surface area contributed by atoms with Crippen LogP contribution in [-0.4, -0.2) is 193 Å². The molecule has 572 valence electrons. The maximum Gasteiger partial charge on any atom is 0.220 e. The van der Waals surface area contributed by atoms with E-state index in [2.05, 4.69) is 43.5 Å². The summed E-state index contributed by atoms with van der Waals surface area (Å²) in [5.74, 6) is -0.243.